The van der Waals surface area contributed by atoms with Gasteiger partial charge in [0, 0.05) is 14.5 Å². The van der Waals surface area contributed by atoms with Crippen LogP contribution in [-0.2, 0) is 0 Å². The van der Waals surface area contributed by atoms with E-state index >= 15 is 0 Å². The maximum absolute atomic E-state index is 5.63. The molecule has 3 aromatic carbocycles. The molecule has 0 aromatic heterocycles. The van der Waals surface area contributed by atoms with E-state index in [2.05, 4.69) is 85.0 Å². The minimum absolute atomic E-state index is 0.817. The number of ether oxygens (including phenoxy) is 1. The van der Waals surface area contributed by atoms with Crippen LogP contribution in [0.3, 0.4) is 0 Å². The lowest BCUT2D eigenvalue weighted by Gasteiger charge is -2.19. The van der Waals surface area contributed by atoms with Gasteiger partial charge in [0.05, 0.1) is 11.6 Å². The van der Waals surface area contributed by atoms with E-state index in [1.807, 2.05) is 24.3 Å². The van der Waals surface area contributed by atoms with Crippen molar-refractivity contribution in [1.29, 1.82) is 0 Å². The van der Waals surface area contributed by atoms with Crippen LogP contribution in [0.5, 0.6) is 5.75 Å². The molecule has 0 saturated carbocycles. The SMILES string of the molecule is COc1cc(-c2ccccc2Br)c(C)c(-c2ccccc2Br)c1Br. The van der Waals surface area contributed by atoms with E-state index in [4.69, 9.17) is 4.74 Å². The molecule has 0 atom stereocenters. The Balaban J connectivity index is 2.37. The zero-order valence-corrected chi connectivity index (χ0v) is 18.0. The molecule has 24 heavy (non-hydrogen) atoms. The quantitative estimate of drug-likeness (QED) is 0.352. The number of hydrogen-bond acceptors (Lipinski definition) is 1. The largest absolute Gasteiger partial charge is 0.496 e. The van der Waals surface area contributed by atoms with Crippen molar-refractivity contribution in [3.8, 4) is 28.0 Å². The van der Waals surface area contributed by atoms with Crippen LogP contribution in [0.4, 0.5) is 0 Å². The number of methoxy groups -OCH3 is 1. The molecule has 0 spiro atoms. The Morgan fingerprint density at radius 2 is 1.29 bits per heavy atom. The molecule has 122 valence electrons. The summed E-state index contributed by atoms with van der Waals surface area (Å²) < 4.78 is 8.71. The van der Waals surface area contributed by atoms with Gasteiger partial charge in [0.15, 0.2) is 0 Å². The second kappa shape index (κ2) is 7.42. The molecule has 0 fully saturated rings. The highest BCUT2D eigenvalue weighted by Gasteiger charge is 2.19. The first-order valence-electron chi connectivity index (χ1n) is 7.41. The summed E-state index contributed by atoms with van der Waals surface area (Å²) in [4.78, 5) is 0. The Bertz CT molecular complexity index is 903. The molecular weight excluding hydrogens is 496 g/mol. The minimum Gasteiger partial charge on any atom is -0.496 e. The van der Waals surface area contributed by atoms with Crippen molar-refractivity contribution in [3.63, 3.8) is 0 Å². The van der Waals surface area contributed by atoms with Gasteiger partial charge in [-0.2, -0.15) is 0 Å². The van der Waals surface area contributed by atoms with E-state index in [-0.39, 0.29) is 0 Å². The van der Waals surface area contributed by atoms with Crippen molar-refractivity contribution in [2.45, 2.75) is 6.92 Å². The minimum atomic E-state index is 0.817. The molecule has 0 amide bonds. The third-order valence-corrected chi connectivity index (χ3v) is 6.19. The van der Waals surface area contributed by atoms with Crippen molar-refractivity contribution in [2.75, 3.05) is 7.11 Å². The molecule has 0 bridgehead atoms. The standard InChI is InChI=1S/C20H15Br3O/c1-12-15(13-7-3-5-9-16(13)21)11-18(24-2)20(23)19(12)14-8-4-6-10-17(14)22/h3-11H,1-2H3. The van der Waals surface area contributed by atoms with Gasteiger partial charge in [0.25, 0.3) is 0 Å². The molecular formula is C20H15Br3O. The average molecular weight is 511 g/mol. The predicted octanol–water partition coefficient (Wildman–Crippen LogP) is 7.63. The zero-order valence-electron chi connectivity index (χ0n) is 13.2. The Hall–Kier alpha value is -1.10. The molecule has 4 heteroatoms. The fourth-order valence-corrected chi connectivity index (χ4v) is 4.59. The maximum Gasteiger partial charge on any atom is 0.134 e. The molecule has 0 aliphatic heterocycles. The fourth-order valence-electron chi connectivity index (χ4n) is 2.82. The van der Waals surface area contributed by atoms with E-state index in [9.17, 15) is 0 Å². The van der Waals surface area contributed by atoms with Crippen molar-refractivity contribution < 1.29 is 4.74 Å². The van der Waals surface area contributed by atoms with Crippen LogP contribution >= 0.6 is 47.8 Å². The lowest BCUT2D eigenvalue weighted by atomic mass is 9.92. The fraction of sp³-hybridized carbons (Fsp3) is 0.100. The Morgan fingerprint density at radius 3 is 1.83 bits per heavy atom. The summed E-state index contributed by atoms with van der Waals surface area (Å²) in [5.74, 6) is 0.817. The van der Waals surface area contributed by atoms with Crippen LogP contribution in [-0.4, -0.2) is 7.11 Å². The second-order valence-corrected chi connectivity index (χ2v) is 7.90. The summed E-state index contributed by atoms with van der Waals surface area (Å²) in [5, 5.41) is 0. The second-order valence-electron chi connectivity index (χ2n) is 5.40. The van der Waals surface area contributed by atoms with Crippen molar-refractivity contribution >= 4 is 47.8 Å². The highest BCUT2D eigenvalue weighted by atomic mass is 79.9. The summed E-state index contributed by atoms with van der Waals surface area (Å²) >= 11 is 11.1. The highest BCUT2D eigenvalue weighted by molar-refractivity contribution is 9.11. The molecule has 3 rings (SSSR count). The van der Waals surface area contributed by atoms with Gasteiger partial charge in [-0.15, -0.1) is 0 Å². The molecule has 3 aromatic rings. The van der Waals surface area contributed by atoms with Gasteiger partial charge in [0.1, 0.15) is 5.75 Å². The lowest BCUT2D eigenvalue weighted by Crippen LogP contribution is -1.96. The van der Waals surface area contributed by atoms with E-state index < -0.39 is 0 Å². The van der Waals surface area contributed by atoms with E-state index in [0.717, 1.165) is 41.4 Å². The maximum atomic E-state index is 5.63. The van der Waals surface area contributed by atoms with Crippen LogP contribution in [0.1, 0.15) is 5.56 Å². The van der Waals surface area contributed by atoms with Crippen molar-refractivity contribution in [3.05, 3.63) is 73.6 Å². The van der Waals surface area contributed by atoms with Crippen LogP contribution < -0.4 is 4.74 Å². The van der Waals surface area contributed by atoms with Crippen LogP contribution in [0.2, 0.25) is 0 Å². The van der Waals surface area contributed by atoms with Gasteiger partial charge >= 0.3 is 0 Å². The van der Waals surface area contributed by atoms with E-state index in [1.54, 1.807) is 7.11 Å². The number of hydrogen-bond donors (Lipinski definition) is 0. The van der Waals surface area contributed by atoms with Crippen LogP contribution in [0.25, 0.3) is 22.3 Å². The summed E-state index contributed by atoms with van der Waals surface area (Å²) in [5.41, 5.74) is 5.76. The van der Waals surface area contributed by atoms with Crippen LogP contribution in [0, 0.1) is 6.92 Å². The lowest BCUT2D eigenvalue weighted by molar-refractivity contribution is 0.412. The van der Waals surface area contributed by atoms with Crippen LogP contribution in [0.15, 0.2) is 68.0 Å². The molecule has 0 heterocycles. The predicted molar refractivity (Wildman–Crippen MR) is 112 cm³/mol. The van der Waals surface area contributed by atoms with Gasteiger partial charge in [-0.1, -0.05) is 68.3 Å². The van der Waals surface area contributed by atoms with Gasteiger partial charge in [-0.05, 0) is 63.3 Å². The van der Waals surface area contributed by atoms with Gasteiger partial charge < -0.3 is 4.74 Å². The molecule has 0 N–H and O–H groups in total. The monoisotopic (exact) mass is 508 g/mol. The molecule has 0 radical (unpaired) electrons. The highest BCUT2D eigenvalue weighted by Crippen LogP contribution is 2.46. The summed E-state index contributed by atoms with van der Waals surface area (Å²) in [7, 11) is 1.70. The number of benzene rings is 3. The third kappa shape index (κ3) is 3.19. The van der Waals surface area contributed by atoms with E-state index in [0.29, 0.717) is 0 Å². The molecule has 1 nitrogen and oxygen atoms in total. The topological polar surface area (TPSA) is 9.23 Å². The Kier molecular flexibility index (Phi) is 5.48. The first-order chi connectivity index (χ1) is 11.5. The average Bonchev–Trinajstić information content (AvgIpc) is 2.58. The smallest absolute Gasteiger partial charge is 0.134 e. The first-order valence-corrected chi connectivity index (χ1v) is 9.79. The number of rotatable bonds is 3. The molecule has 0 saturated heterocycles. The van der Waals surface area contributed by atoms with Gasteiger partial charge in [-0.3, -0.25) is 0 Å². The van der Waals surface area contributed by atoms with Gasteiger partial charge in [0.2, 0.25) is 0 Å². The van der Waals surface area contributed by atoms with Gasteiger partial charge in [-0.25, -0.2) is 0 Å². The molecule has 0 aliphatic carbocycles. The summed E-state index contributed by atoms with van der Waals surface area (Å²) in [6.45, 7) is 2.15. The Morgan fingerprint density at radius 1 is 0.750 bits per heavy atom. The van der Waals surface area contributed by atoms with E-state index in [1.165, 1.54) is 5.56 Å². The Labute approximate surface area is 167 Å². The first kappa shape index (κ1) is 17.7. The summed E-state index contributed by atoms with van der Waals surface area (Å²) in [6.07, 6.45) is 0. The third-order valence-electron chi connectivity index (χ3n) is 4.02. The van der Waals surface area contributed by atoms with Crippen molar-refractivity contribution in [2.24, 2.45) is 0 Å². The molecule has 0 unspecified atom stereocenters. The van der Waals surface area contributed by atoms with Crippen molar-refractivity contribution in [1.82, 2.24) is 0 Å². The number of halogens is 3. The summed E-state index contributed by atoms with van der Waals surface area (Å²) in [6, 6.07) is 18.6. The normalized spacial score (nSPS) is 10.7. The zero-order chi connectivity index (χ0) is 17.3. The molecule has 0 aliphatic rings.